The number of halogens is 1. The molecule has 0 aliphatic rings. The molecule has 0 bridgehead atoms. The number of carbonyl (C=O) groups is 1. The first kappa shape index (κ1) is 13.3. The Morgan fingerprint density at radius 3 is 2.27 bits per heavy atom. The van der Waals surface area contributed by atoms with Crippen molar-refractivity contribution in [3.63, 3.8) is 0 Å². The van der Waals surface area contributed by atoms with E-state index < -0.39 is 0 Å². The number of alkyl halides is 1. The Kier molecular flexibility index (Phi) is 11.7. The topological polar surface area (TPSA) is 26.3 Å². The lowest BCUT2D eigenvalue weighted by Crippen LogP contribution is -1.95. The highest BCUT2D eigenvalue weighted by Gasteiger charge is 1.92. The van der Waals surface area contributed by atoms with E-state index in [1.165, 1.54) is 13.2 Å². The summed E-state index contributed by atoms with van der Waals surface area (Å²) in [5.74, 6) is -0.299. The summed E-state index contributed by atoms with van der Waals surface area (Å²) in [5, 5.41) is 0.710. The Morgan fingerprint density at radius 1 is 1.55 bits per heavy atom. The van der Waals surface area contributed by atoms with Crippen molar-refractivity contribution in [2.45, 2.75) is 20.8 Å². The summed E-state index contributed by atoms with van der Waals surface area (Å²) in [6, 6.07) is 0. The molecule has 0 aliphatic carbocycles. The van der Waals surface area contributed by atoms with E-state index in [1.54, 1.807) is 0 Å². The number of hydrogen-bond acceptors (Lipinski definition) is 2. The summed E-state index contributed by atoms with van der Waals surface area (Å²) in [6.07, 6.45) is 1.45. The molecule has 0 heterocycles. The molecule has 0 spiro atoms. The molecule has 0 saturated carbocycles. The van der Waals surface area contributed by atoms with Gasteiger partial charge in [-0.15, -0.1) is 0 Å². The van der Waals surface area contributed by atoms with E-state index in [-0.39, 0.29) is 5.97 Å². The van der Waals surface area contributed by atoms with Gasteiger partial charge in [-0.1, -0.05) is 35.4 Å². The Balaban J connectivity index is 0. The van der Waals surface area contributed by atoms with Gasteiger partial charge in [0.1, 0.15) is 0 Å². The van der Waals surface area contributed by atoms with Crippen LogP contribution in [0.5, 0.6) is 0 Å². The number of carbonyl (C=O) groups excluding carboxylic acids is 1. The second-order valence-corrected chi connectivity index (χ2v) is 2.21. The van der Waals surface area contributed by atoms with Gasteiger partial charge in [0.25, 0.3) is 0 Å². The molecular weight excluding hydrogens is 208 g/mol. The third kappa shape index (κ3) is 9.69. The first-order chi connectivity index (χ1) is 5.20. The molecule has 66 valence electrons. The SMILES string of the molecule is CC.COC(=O)/C=C(/C)CBr. The summed E-state index contributed by atoms with van der Waals surface area (Å²) < 4.78 is 4.39. The van der Waals surface area contributed by atoms with Crippen LogP contribution in [-0.4, -0.2) is 18.4 Å². The minimum absolute atomic E-state index is 0.299. The highest BCUT2D eigenvalue weighted by molar-refractivity contribution is 9.09. The molecule has 0 amide bonds. The standard InChI is InChI=1S/C6H9BrO2.C2H6/c1-5(4-7)3-6(8)9-2;1-2/h3H,4H2,1-2H3;1-2H3/b5-3-;. The molecule has 0 aromatic rings. The van der Waals surface area contributed by atoms with Crippen LogP contribution in [-0.2, 0) is 9.53 Å². The molecule has 3 heteroatoms. The largest absolute Gasteiger partial charge is 0.466 e. The Bertz CT molecular complexity index is 130. The fourth-order valence-corrected chi connectivity index (χ4v) is 0.461. The van der Waals surface area contributed by atoms with Gasteiger partial charge in [-0.2, -0.15) is 0 Å². The van der Waals surface area contributed by atoms with E-state index in [0.717, 1.165) is 5.57 Å². The third-order valence-corrected chi connectivity index (χ3v) is 1.66. The lowest BCUT2D eigenvalue weighted by molar-refractivity contribution is -0.134. The van der Waals surface area contributed by atoms with Gasteiger partial charge in [0.05, 0.1) is 7.11 Å². The van der Waals surface area contributed by atoms with Crippen LogP contribution in [0.2, 0.25) is 0 Å². The van der Waals surface area contributed by atoms with Gasteiger partial charge < -0.3 is 4.74 Å². The van der Waals surface area contributed by atoms with E-state index in [4.69, 9.17) is 0 Å². The fraction of sp³-hybridized carbons (Fsp3) is 0.625. The summed E-state index contributed by atoms with van der Waals surface area (Å²) in [6.45, 7) is 5.85. The van der Waals surface area contributed by atoms with Gasteiger partial charge in [-0.3, -0.25) is 0 Å². The second kappa shape index (κ2) is 9.69. The van der Waals surface area contributed by atoms with E-state index >= 15 is 0 Å². The average Bonchev–Trinajstić information content (AvgIpc) is 2.07. The van der Waals surface area contributed by atoms with E-state index in [0.29, 0.717) is 5.33 Å². The van der Waals surface area contributed by atoms with Crippen molar-refractivity contribution >= 4 is 21.9 Å². The van der Waals surface area contributed by atoms with Gasteiger partial charge in [0.15, 0.2) is 0 Å². The average molecular weight is 223 g/mol. The number of rotatable bonds is 2. The van der Waals surface area contributed by atoms with Gasteiger partial charge in [-0.05, 0) is 6.92 Å². The molecule has 0 atom stereocenters. The second-order valence-electron chi connectivity index (χ2n) is 1.65. The lowest BCUT2D eigenvalue weighted by atomic mass is 10.3. The quantitative estimate of drug-likeness (QED) is 0.408. The number of hydrogen-bond donors (Lipinski definition) is 0. The maximum Gasteiger partial charge on any atom is 0.330 e. The fourth-order valence-electron chi connectivity index (χ4n) is 0.299. The zero-order chi connectivity index (χ0) is 9.28. The first-order valence-corrected chi connectivity index (χ1v) is 4.64. The Labute approximate surface area is 76.8 Å². The normalized spacial score (nSPS) is 9.73. The molecule has 0 fully saturated rings. The maximum absolute atomic E-state index is 10.5. The Morgan fingerprint density at radius 2 is 2.00 bits per heavy atom. The zero-order valence-electron chi connectivity index (χ0n) is 7.48. The predicted molar refractivity (Wildman–Crippen MR) is 50.9 cm³/mol. The first-order valence-electron chi connectivity index (χ1n) is 3.51. The highest BCUT2D eigenvalue weighted by atomic mass is 79.9. The summed E-state index contributed by atoms with van der Waals surface area (Å²) in [5.41, 5.74) is 0.960. The van der Waals surface area contributed by atoms with E-state index in [2.05, 4.69) is 20.7 Å². The van der Waals surface area contributed by atoms with Crippen molar-refractivity contribution in [1.29, 1.82) is 0 Å². The van der Waals surface area contributed by atoms with Crippen molar-refractivity contribution in [1.82, 2.24) is 0 Å². The van der Waals surface area contributed by atoms with E-state index in [1.807, 2.05) is 20.8 Å². The minimum atomic E-state index is -0.299. The van der Waals surface area contributed by atoms with Crippen LogP contribution in [0.3, 0.4) is 0 Å². The molecular formula is C8H15BrO2. The molecule has 0 N–H and O–H groups in total. The smallest absolute Gasteiger partial charge is 0.330 e. The van der Waals surface area contributed by atoms with Gasteiger partial charge in [0.2, 0.25) is 0 Å². The summed E-state index contributed by atoms with van der Waals surface area (Å²) in [7, 11) is 1.36. The summed E-state index contributed by atoms with van der Waals surface area (Å²) in [4.78, 5) is 10.5. The van der Waals surface area contributed by atoms with Crippen molar-refractivity contribution in [3.8, 4) is 0 Å². The van der Waals surface area contributed by atoms with Crippen molar-refractivity contribution in [3.05, 3.63) is 11.6 Å². The number of methoxy groups -OCH3 is 1. The minimum Gasteiger partial charge on any atom is -0.466 e. The van der Waals surface area contributed by atoms with Crippen LogP contribution in [0.25, 0.3) is 0 Å². The van der Waals surface area contributed by atoms with Crippen LogP contribution in [0.4, 0.5) is 0 Å². The maximum atomic E-state index is 10.5. The summed E-state index contributed by atoms with van der Waals surface area (Å²) >= 11 is 3.20. The van der Waals surface area contributed by atoms with E-state index in [9.17, 15) is 4.79 Å². The van der Waals surface area contributed by atoms with Crippen LogP contribution < -0.4 is 0 Å². The van der Waals surface area contributed by atoms with Crippen molar-refractivity contribution in [2.24, 2.45) is 0 Å². The molecule has 0 aromatic heterocycles. The highest BCUT2D eigenvalue weighted by Crippen LogP contribution is 1.96. The third-order valence-electron chi connectivity index (χ3n) is 0.776. The number of esters is 1. The Hall–Kier alpha value is -0.310. The molecule has 0 saturated heterocycles. The molecule has 0 unspecified atom stereocenters. The molecule has 11 heavy (non-hydrogen) atoms. The zero-order valence-corrected chi connectivity index (χ0v) is 9.06. The van der Waals surface area contributed by atoms with Crippen molar-refractivity contribution in [2.75, 3.05) is 12.4 Å². The number of allylic oxidation sites excluding steroid dienone is 1. The predicted octanol–water partition coefficient (Wildman–Crippen LogP) is 2.53. The molecule has 0 radical (unpaired) electrons. The molecule has 2 nitrogen and oxygen atoms in total. The van der Waals surface area contributed by atoms with Gasteiger partial charge >= 0.3 is 5.97 Å². The van der Waals surface area contributed by atoms with Gasteiger partial charge in [0, 0.05) is 11.4 Å². The van der Waals surface area contributed by atoms with Crippen LogP contribution in [0.15, 0.2) is 11.6 Å². The van der Waals surface area contributed by atoms with Crippen LogP contribution in [0.1, 0.15) is 20.8 Å². The van der Waals surface area contributed by atoms with Crippen LogP contribution >= 0.6 is 15.9 Å². The number of ether oxygens (including phenoxy) is 1. The molecule has 0 aliphatic heterocycles. The lowest BCUT2D eigenvalue weighted by Gasteiger charge is -1.92. The van der Waals surface area contributed by atoms with Gasteiger partial charge in [-0.25, -0.2) is 4.79 Å². The van der Waals surface area contributed by atoms with Crippen molar-refractivity contribution < 1.29 is 9.53 Å². The molecule has 0 aromatic carbocycles. The van der Waals surface area contributed by atoms with Crippen LogP contribution in [0, 0.1) is 0 Å². The monoisotopic (exact) mass is 222 g/mol. The molecule has 0 rings (SSSR count).